The molecule has 1 rings (SSSR count). The highest BCUT2D eigenvalue weighted by Crippen LogP contribution is 2.07. The number of rotatable bonds is 9. The quantitative estimate of drug-likeness (QED) is 0.622. The molecule has 0 spiro atoms. The summed E-state index contributed by atoms with van der Waals surface area (Å²) < 4.78 is 16.0. The standard InChI is InChI=1S/C13H23NO3/c1-4-16-13(17-5-2)6-8-14(3)10-12-7-9-15-11-12/h7,9,11,13H,4-6,8,10H2,1-3H3. The van der Waals surface area contributed by atoms with Crippen LogP contribution in [0.2, 0.25) is 0 Å². The van der Waals surface area contributed by atoms with Gasteiger partial charge in [-0.2, -0.15) is 0 Å². The zero-order valence-corrected chi connectivity index (χ0v) is 11.0. The molecule has 17 heavy (non-hydrogen) atoms. The molecule has 0 amide bonds. The second-order valence-corrected chi connectivity index (χ2v) is 4.00. The zero-order valence-electron chi connectivity index (χ0n) is 11.0. The summed E-state index contributed by atoms with van der Waals surface area (Å²) in [4.78, 5) is 2.23. The van der Waals surface area contributed by atoms with Gasteiger partial charge in [0.15, 0.2) is 6.29 Å². The molecule has 0 saturated carbocycles. The van der Waals surface area contributed by atoms with Crippen LogP contribution in [0.25, 0.3) is 0 Å². The molecule has 0 atom stereocenters. The van der Waals surface area contributed by atoms with E-state index in [9.17, 15) is 0 Å². The number of hydrogen-bond acceptors (Lipinski definition) is 4. The van der Waals surface area contributed by atoms with Crippen molar-refractivity contribution in [1.29, 1.82) is 0 Å². The van der Waals surface area contributed by atoms with Crippen molar-refractivity contribution < 1.29 is 13.9 Å². The summed E-state index contributed by atoms with van der Waals surface area (Å²) in [5.74, 6) is 0. The van der Waals surface area contributed by atoms with Gasteiger partial charge < -0.3 is 18.8 Å². The lowest BCUT2D eigenvalue weighted by Crippen LogP contribution is -2.26. The van der Waals surface area contributed by atoms with E-state index >= 15 is 0 Å². The minimum atomic E-state index is -0.0863. The van der Waals surface area contributed by atoms with E-state index in [2.05, 4.69) is 11.9 Å². The van der Waals surface area contributed by atoms with Gasteiger partial charge in [-0.1, -0.05) is 0 Å². The Morgan fingerprint density at radius 1 is 1.29 bits per heavy atom. The molecule has 0 N–H and O–H groups in total. The fourth-order valence-corrected chi connectivity index (χ4v) is 1.69. The third kappa shape index (κ3) is 5.86. The lowest BCUT2D eigenvalue weighted by molar-refractivity contribution is -0.141. The molecule has 1 heterocycles. The number of nitrogens with zero attached hydrogens (tertiary/aromatic N) is 1. The van der Waals surface area contributed by atoms with Gasteiger partial charge in [-0.15, -0.1) is 0 Å². The SMILES string of the molecule is CCOC(CCN(C)Cc1ccoc1)OCC. The van der Waals surface area contributed by atoms with Gasteiger partial charge in [0.25, 0.3) is 0 Å². The summed E-state index contributed by atoms with van der Waals surface area (Å²) in [6, 6.07) is 1.99. The van der Waals surface area contributed by atoms with E-state index in [1.165, 1.54) is 5.56 Å². The first kappa shape index (κ1) is 14.2. The van der Waals surface area contributed by atoms with Gasteiger partial charge in [0, 0.05) is 38.3 Å². The van der Waals surface area contributed by atoms with E-state index in [0.29, 0.717) is 13.2 Å². The van der Waals surface area contributed by atoms with Crippen LogP contribution in [0.5, 0.6) is 0 Å². The van der Waals surface area contributed by atoms with Gasteiger partial charge in [0.2, 0.25) is 0 Å². The van der Waals surface area contributed by atoms with Crippen molar-refractivity contribution in [2.24, 2.45) is 0 Å². The smallest absolute Gasteiger partial charge is 0.158 e. The molecule has 0 saturated heterocycles. The molecule has 4 heteroatoms. The summed E-state index contributed by atoms with van der Waals surface area (Å²) in [5.41, 5.74) is 1.19. The normalized spacial score (nSPS) is 11.6. The highest BCUT2D eigenvalue weighted by molar-refractivity contribution is 5.04. The largest absolute Gasteiger partial charge is 0.472 e. The number of furan rings is 1. The molecule has 0 aliphatic heterocycles. The molecule has 0 bridgehead atoms. The molecule has 0 radical (unpaired) electrons. The summed E-state index contributed by atoms with van der Waals surface area (Å²) >= 11 is 0. The van der Waals surface area contributed by atoms with Crippen molar-refractivity contribution in [3.63, 3.8) is 0 Å². The van der Waals surface area contributed by atoms with Crippen LogP contribution in [-0.2, 0) is 16.0 Å². The maximum Gasteiger partial charge on any atom is 0.158 e. The highest BCUT2D eigenvalue weighted by atomic mass is 16.7. The highest BCUT2D eigenvalue weighted by Gasteiger charge is 2.09. The van der Waals surface area contributed by atoms with Gasteiger partial charge in [-0.05, 0) is 27.0 Å². The van der Waals surface area contributed by atoms with Gasteiger partial charge in [-0.3, -0.25) is 0 Å². The van der Waals surface area contributed by atoms with E-state index < -0.39 is 0 Å². The fourth-order valence-electron chi connectivity index (χ4n) is 1.69. The minimum absolute atomic E-state index is 0.0863. The predicted octanol–water partition coefficient (Wildman–Crippen LogP) is 2.50. The minimum Gasteiger partial charge on any atom is -0.472 e. The Kier molecular flexibility index (Phi) is 6.93. The van der Waals surface area contributed by atoms with E-state index in [0.717, 1.165) is 19.5 Å². The van der Waals surface area contributed by atoms with Crippen molar-refractivity contribution in [3.8, 4) is 0 Å². The molecule has 0 fully saturated rings. The molecule has 0 aliphatic carbocycles. The van der Waals surface area contributed by atoms with Crippen LogP contribution in [0, 0.1) is 0 Å². The number of ether oxygens (including phenoxy) is 2. The van der Waals surface area contributed by atoms with Gasteiger partial charge in [0.05, 0.1) is 12.5 Å². The summed E-state index contributed by atoms with van der Waals surface area (Å²) in [5, 5.41) is 0. The van der Waals surface area contributed by atoms with Crippen LogP contribution in [0.15, 0.2) is 23.0 Å². The van der Waals surface area contributed by atoms with Crippen molar-refractivity contribution in [3.05, 3.63) is 24.2 Å². The summed E-state index contributed by atoms with van der Waals surface area (Å²) in [6.45, 7) is 7.19. The van der Waals surface area contributed by atoms with Crippen LogP contribution in [0.1, 0.15) is 25.8 Å². The Morgan fingerprint density at radius 3 is 2.53 bits per heavy atom. The second-order valence-electron chi connectivity index (χ2n) is 4.00. The molecule has 0 unspecified atom stereocenters. The third-order valence-electron chi connectivity index (χ3n) is 2.48. The Hall–Kier alpha value is -0.840. The Balaban J connectivity index is 2.23. The predicted molar refractivity (Wildman–Crippen MR) is 66.7 cm³/mol. The monoisotopic (exact) mass is 241 g/mol. The van der Waals surface area contributed by atoms with Crippen molar-refractivity contribution in [2.45, 2.75) is 33.1 Å². The van der Waals surface area contributed by atoms with E-state index in [-0.39, 0.29) is 6.29 Å². The van der Waals surface area contributed by atoms with E-state index in [4.69, 9.17) is 13.9 Å². The zero-order chi connectivity index (χ0) is 12.5. The van der Waals surface area contributed by atoms with Crippen LogP contribution in [-0.4, -0.2) is 38.0 Å². The number of hydrogen-bond donors (Lipinski definition) is 0. The molecule has 0 aliphatic rings. The lowest BCUT2D eigenvalue weighted by atomic mass is 10.3. The molecule has 4 nitrogen and oxygen atoms in total. The average molecular weight is 241 g/mol. The second kappa shape index (κ2) is 8.28. The van der Waals surface area contributed by atoms with Crippen molar-refractivity contribution in [2.75, 3.05) is 26.8 Å². The van der Waals surface area contributed by atoms with Crippen molar-refractivity contribution >= 4 is 0 Å². The van der Waals surface area contributed by atoms with Crippen LogP contribution >= 0.6 is 0 Å². The first-order valence-corrected chi connectivity index (χ1v) is 6.19. The Bertz CT molecular complexity index is 268. The van der Waals surface area contributed by atoms with E-state index in [1.54, 1.807) is 12.5 Å². The fraction of sp³-hybridized carbons (Fsp3) is 0.692. The molecular formula is C13H23NO3. The molecule has 1 aromatic heterocycles. The third-order valence-corrected chi connectivity index (χ3v) is 2.48. The molecular weight excluding hydrogens is 218 g/mol. The Labute approximate surface area is 103 Å². The maximum absolute atomic E-state index is 5.50. The van der Waals surface area contributed by atoms with Crippen LogP contribution < -0.4 is 0 Å². The average Bonchev–Trinajstić information content (AvgIpc) is 2.79. The first-order chi connectivity index (χ1) is 8.26. The maximum atomic E-state index is 5.50. The van der Waals surface area contributed by atoms with Crippen LogP contribution in [0.4, 0.5) is 0 Å². The molecule has 98 valence electrons. The lowest BCUT2D eigenvalue weighted by Gasteiger charge is -2.21. The van der Waals surface area contributed by atoms with Crippen LogP contribution in [0.3, 0.4) is 0 Å². The Morgan fingerprint density at radius 2 is 2.00 bits per heavy atom. The summed E-state index contributed by atoms with van der Waals surface area (Å²) in [7, 11) is 2.09. The summed E-state index contributed by atoms with van der Waals surface area (Å²) in [6.07, 6.45) is 4.28. The molecule has 1 aromatic rings. The van der Waals surface area contributed by atoms with E-state index in [1.807, 2.05) is 19.9 Å². The topological polar surface area (TPSA) is 34.8 Å². The molecule has 0 aromatic carbocycles. The van der Waals surface area contributed by atoms with Gasteiger partial charge in [-0.25, -0.2) is 0 Å². The van der Waals surface area contributed by atoms with Gasteiger partial charge in [0.1, 0.15) is 0 Å². The first-order valence-electron chi connectivity index (χ1n) is 6.19. The van der Waals surface area contributed by atoms with Crippen molar-refractivity contribution in [1.82, 2.24) is 4.90 Å². The van der Waals surface area contributed by atoms with Gasteiger partial charge >= 0.3 is 0 Å².